The van der Waals surface area contributed by atoms with Crippen molar-refractivity contribution >= 4 is 39.5 Å². The zero-order valence-electron chi connectivity index (χ0n) is 18.8. The monoisotopic (exact) mass is 512 g/mol. The molecule has 2 aromatic heterocycles. The van der Waals surface area contributed by atoms with Gasteiger partial charge in [0.25, 0.3) is 0 Å². The van der Waals surface area contributed by atoms with Gasteiger partial charge in [0.1, 0.15) is 23.3 Å². The number of aliphatic hydroxyl groups excluding tert-OH is 1. The summed E-state index contributed by atoms with van der Waals surface area (Å²) >= 11 is 7.46. The highest BCUT2D eigenvalue weighted by Crippen LogP contribution is 2.39. The Morgan fingerprint density at radius 1 is 1.17 bits per heavy atom. The van der Waals surface area contributed by atoms with Gasteiger partial charge in [-0.3, -0.25) is 0 Å². The molecule has 2 N–H and O–H groups in total. The molecule has 4 aromatic rings. The van der Waals surface area contributed by atoms with E-state index in [1.165, 1.54) is 18.5 Å². The van der Waals surface area contributed by atoms with Gasteiger partial charge < -0.3 is 19.8 Å². The van der Waals surface area contributed by atoms with Crippen LogP contribution in [0.15, 0.2) is 36.7 Å². The van der Waals surface area contributed by atoms with E-state index in [-0.39, 0.29) is 27.0 Å². The molecule has 0 amide bonds. The normalized spacial score (nSPS) is 20.5. The quantitative estimate of drug-likeness (QED) is 0.397. The standard InChI is InChI=1S/C25H22ClFN4O3S/c1-12-24(33)30-25(35-12)23(32)17-7-18(20(27)8-19(17)26)22-16-5-4-13(6-21(16)28-11-29-22)31-14-2-3-15(31)10-34-9-14/h4-8,11,14-15,23,32-33H,2-3,9-10H2,1H3. The lowest BCUT2D eigenvalue weighted by molar-refractivity contribution is 0.0907. The van der Waals surface area contributed by atoms with Gasteiger partial charge in [-0.05, 0) is 50.1 Å². The van der Waals surface area contributed by atoms with Crippen LogP contribution in [0.25, 0.3) is 22.2 Å². The summed E-state index contributed by atoms with van der Waals surface area (Å²) in [5.41, 5.74) is 2.67. The molecule has 0 aliphatic carbocycles. The van der Waals surface area contributed by atoms with E-state index in [1.807, 2.05) is 18.2 Å². The summed E-state index contributed by atoms with van der Waals surface area (Å²) in [4.78, 5) is 15.8. The molecule has 3 atom stereocenters. The highest BCUT2D eigenvalue weighted by molar-refractivity contribution is 7.11. The largest absolute Gasteiger partial charge is 0.492 e. The van der Waals surface area contributed by atoms with Crippen molar-refractivity contribution in [2.24, 2.45) is 0 Å². The molecule has 3 unspecified atom stereocenters. The van der Waals surface area contributed by atoms with Gasteiger partial charge in [-0.2, -0.15) is 0 Å². The van der Waals surface area contributed by atoms with E-state index in [9.17, 15) is 10.2 Å². The van der Waals surface area contributed by atoms with E-state index < -0.39 is 11.9 Å². The van der Waals surface area contributed by atoms with Crippen LogP contribution in [-0.2, 0) is 4.74 Å². The van der Waals surface area contributed by atoms with Crippen LogP contribution >= 0.6 is 22.9 Å². The lowest BCUT2D eigenvalue weighted by atomic mass is 10.0. The van der Waals surface area contributed by atoms with E-state index in [1.54, 1.807) is 6.92 Å². The number of hydrogen-bond donors (Lipinski definition) is 2. The highest BCUT2D eigenvalue weighted by Gasteiger charge is 2.37. The predicted molar refractivity (Wildman–Crippen MR) is 133 cm³/mol. The molecule has 0 spiro atoms. The number of aromatic hydroxyl groups is 1. The summed E-state index contributed by atoms with van der Waals surface area (Å²) in [5.74, 6) is -0.701. The van der Waals surface area contributed by atoms with Crippen LogP contribution in [0.5, 0.6) is 5.88 Å². The summed E-state index contributed by atoms with van der Waals surface area (Å²) in [6.07, 6.45) is 2.41. The van der Waals surface area contributed by atoms with Crippen LogP contribution in [0.2, 0.25) is 5.02 Å². The Morgan fingerprint density at radius 3 is 2.66 bits per heavy atom. The van der Waals surface area contributed by atoms with Gasteiger partial charge in [0.05, 0.1) is 41.4 Å². The maximum atomic E-state index is 15.2. The second-order valence-corrected chi connectivity index (χ2v) is 10.6. The molecular formula is C25H22ClFN4O3S. The maximum Gasteiger partial charge on any atom is 0.225 e. The number of halogens is 2. The van der Waals surface area contributed by atoms with E-state index in [2.05, 4.69) is 19.9 Å². The predicted octanol–water partition coefficient (Wildman–Crippen LogP) is 5.01. The zero-order valence-corrected chi connectivity index (χ0v) is 20.4. The summed E-state index contributed by atoms with van der Waals surface area (Å²) < 4.78 is 20.9. The molecule has 7 nitrogen and oxygen atoms in total. The van der Waals surface area contributed by atoms with Crippen molar-refractivity contribution in [1.29, 1.82) is 0 Å². The number of morpholine rings is 1. The molecule has 2 fully saturated rings. The number of aliphatic hydroxyl groups is 1. The van der Waals surface area contributed by atoms with Gasteiger partial charge in [0.15, 0.2) is 0 Å². The smallest absolute Gasteiger partial charge is 0.225 e. The first-order chi connectivity index (χ1) is 16.9. The number of ether oxygens (including phenoxy) is 1. The van der Waals surface area contributed by atoms with Crippen LogP contribution in [0, 0.1) is 12.7 Å². The lowest BCUT2D eigenvalue weighted by Gasteiger charge is -2.36. The Hall–Kier alpha value is -2.85. The number of hydrogen-bond acceptors (Lipinski definition) is 8. The molecular weight excluding hydrogens is 491 g/mol. The van der Waals surface area contributed by atoms with E-state index in [0.29, 0.717) is 33.6 Å². The molecule has 6 rings (SSSR count). The molecule has 2 bridgehead atoms. The number of benzene rings is 2. The summed E-state index contributed by atoms with van der Waals surface area (Å²) in [5, 5.41) is 21.8. The third-order valence-corrected chi connectivity index (χ3v) is 8.16. The van der Waals surface area contributed by atoms with E-state index in [0.717, 1.165) is 43.1 Å². The number of thiazole rings is 1. The minimum atomic E-state index is -1.22. The van der Waals surface area contributed by atoms with Gasteiger partial charge in [0.2, 0.25) is 5.88 Å². The second kappa shape index (κ2) is 8.67. The van der Waals surface area contributed by atoms with Crippen molar-refractivity contribution in [2.45, 2.75) is 38.0 Å². The fraction of sp³-hybridized carbons (Fsp3) is 0.320. The van der Waals surface area contributed by atoms with Crippen molar-refractivity contribution in [3.05, 3.63) is 62.9 Å². The molecule has 2 saturated heterocycles. The summed E-state index contributed by atoms with van der Waals surface area (Å²) in [7, 11) is 0. The number of fused-ring (bicyclic) bond motifs is 3. The van der Waals surface area contributed by atoms with Gasteiger partial charge in [-0.25, -0.2) is 19.3 Å². The molecule has 2 aromatic carbocycles. The first kappa shape index (κ1) is 22.6. The van der Waals surface area contributed by atoms with Crippen molar-refractivity contribution in [3.8, 4) is 17.1 Å². The Labute approximate surface area is 209 Å². The molecule has 0 radical (unpaired) electrons. The van der Waals surface area contributed by atoms with Crippen molar-refractivity contribution in [1.82, 2.24) is 15.0 Å². The van der Waals surface area contributed by atoms with E-state index in [4.69, 9.17) is 16.3 Å². The van der Waals surface area contributed by atoms with Gasteiger partial charge in [0, 0.05) is 27.2 Å². The molecule has 35 heavy (non-hydrogen) atoms. The van der Waals surface area contributed by atoms with E-state index >= 15 is 4.39 Å². The van der Waals surface area contributed by atoms with Gasteiger partial charge >= 0.3 is 0 Å². The number of rotatable bonds is 4. The molecule has 2 aliphatic rings. The minimum absolute atomic E-state index is 0.0644. The van der Waals surface area contributed by atoms with Crippen molar-refractivity contribution in [3.63, 3.8) is 0 Å². The average Bonchev–Trinajstić information content (AvgIpc) is 3.32. The number of aryl methyl sites for hydroxylation is 1. The fourth-order valence-corrected chi connectivity index (χ4v) is 6.16. The van der Waals surface area contributed by atoms with Crippen LogP contribution in [-0.4, -0.2) is 50.5 Å². The zero-order chi connectivity index (χ0) is 24.3. The third-order valence-electron chi connectivity index (χ3n) is 6.82. The molecule has 0 saturated carbocycles. The van der Waals surface area contributed by atoms with Crippen LogP contribution in [0.4, 0.5) is 10.1 Å². The number of nitrogens with zero attached hydrogens (tertiary/aromatic N) is 4. The summed E-state index contributed by atoms with van der Waals surface area (Å²) in [6, 6.07) is 9.34. The summed E-state index contributed by atoms with van der Waals surface area (Å²) in [6.45, 7) is 3.15. The van der Waals surface area contributed by atoms with Crippen LogP contribution in [0.3, 0.4) is 0 Å². The minimum Gasteiger partial charge on any atom is -0.492 e. The Morgan fingerprint density at radius 2 is 1.94 bits per heavy atom. The fourth-order valence-electron chi connectivity index (χ4n) is 5.09. The van der Waals surface area contributed by atoms with Crippen LogP contribution in [0.1, 0.15) is 34.4 Å². The molecule has 4 heterocycles. The molecule has 10 heteroatoms. The van der Waals surface area contributed by atoms with Crippen molar-refractivity contribution in [2.75, 3.05) is 18.1 Å². The van der Waals surface area contributed by atoms with Crippen molar-refractivity contribution < 1.29 is 19.3 Å². The Bertz CT molecular complexity index is 1410. The highest BCUT2D eigenvalue weighted by atomic mass is 35.5. The first-order valence-electron chi connectivity index (χ1n) is 11.3. The second-order valence-electron chi connectivity index (χ2n) is 8.94. The lowest BCUT2D eigenvalue weighted by Crippen LogP contribution is -2.45. The number of aromatic nitrogens is 3. The number of anilines is 1. The van der Waals surface area contributed by atoms with Gasteiger partial charge in [-0.15, -0.1) is 11.3 Å². The Balaban J connectivity index is 1.42. The first-order valence-corrected chi connectivity index (χ1v) is 12.5. The molecule has 2 aliphatic heterocycles. The third kappa shape index (κ3) is 3.83. The topological polar surface area (TPSA) is 91.6 Å². The Kier molecular flexibility index (Phi) is 5.60. The maximum absolute atomic E-state index is 15.2. The molecule has 180 valence electrons. The average molecular weight is 513 g/mol. The van der Waals surface area contributed by atoms with Gasteiger partial charge in [-0.1, -0.05) is 11.6 Å². The van der Waals surface area contributed by atoms with Crippen LogP contribution < -0.4 is 4.90 Å². The SMILES string of the molecule is Cc1sc(C(O)c2cc(-c3ncnc4cc(N5C6CCC5COC6)ccc34)c(F)cc2Cl)nc1O.